The molecule has 3 heterocycles. The largest absolute Gasteiger partial charge is 0.342 e. The van der Waals surface area contributed by atoms with Crippen molar-refractivity contribution in [1.29, 1.82) is 0 Å². The van der Waals surface area contributed by atoms with Gasteiger partial charge in [-0.2, -0.15) is 0 Å². The Morgan fingerprint density at radius 2 is 2.09 bits per heavy atom. The highest BCUT2D eigenvalue weighted by Gasteiger charge is 2.30. The highest BCUT2D eigenvalue weighted by molar-refractivity contribution is 6.31. The van der Waals surface area contributed by atoms with E-state index >= 15 is 0 Å². The lowest BCUT2D eigenvalue weighted by Crippen LogP contribution is -2.46. The first kappa shape index (κ1) is 16.7. The van der Waals surface area contributed by atoms with Gasteiger partial charge in [0.1, 0.15) is 0 Å². The molecule has 1 unspecified atom stereocenters. The zero-order valence-corrected chi connectivity index (χ0v) is 14.6. The highest BCUT2D eigenvalue weighted by Crippen LogP contribution is 2.25. The van der Waals surface area contributed by atoms with E-state index in [1.807, 2.05) is 6.07 Å². The maximum absolute atomic E-state index is 12.8. The number of nitrogens with zero attached hydrogens (tertiary/aromatic N) is 3. The maximum atomic E-state index is 12.8. The lowest BCUT2D eigenvalue weighted by molar-refractivity contribution is -0.138. The van der Waals surface area contributed by atoms with Crippen LogP contribution in [-0.2, 0) is 11.3 Å². The molecule has 2 aliphatic rings. The van der Waals surface area contributed by atoms with Gasteiger partial charge in [-0.15, -0.1) is 0 Å². The smallest absolute Gasteiger partial charge is 0.226 e. The number of pyridine rings is 1. The van der Waals surface area contributed by atoms with Gasteiger partial charge in [0.15, 0.2) is 0 Å². The topological polar surface area (TPSA) is 36.4 Å². The van der Waals surface area contributed by atoms with Crippen LogP contribution in [0.2, 0.25) is 5.02 Å². The van der Waals surface area contributed by atoms with Gasteiger partial charge in [-0.3, -0.25) is 14.7 Å². The molecule has 126 valence electrons. The van der Waals surface area contributed by atoms with Crippen molar-refractivity contribution >= 4 is 17.5 Å². The number of halogens is 1. The van der Waals surface area contributed by atoms with E-state index in [0.717, 1.165) is 69.9 Å². The van der Waals surface area contributed by atoms with Gasteiger partial charge in [0.25, 0.3) is 0 Å². The van der Waals surface area contributed by atoms with E-state index in [4.69, 9.17) is 11.6 Å². The summed E-state index contributed by atoms with van der Waals surface area (Å²) in [4.78, 5) is 21.3. The van der Waals surface area contributed by atoms with E-state index in [9.17, 15) is 4.79 Å². The Kier molecular flexibility index (Phi) is 5.54. The van der Waals surface area contributed by atoms with Gasteiger partial charge in [0, 0.05) is 38.6 Å². The molecule has 2 fully saturated rings. The molecule has 1 aromatic rings. The van der Waals surface area contributed by atoms with Crippen LogP contribution in [0.4, 0.5) is 0 Å². The third-order valence-corrected chi connectivity index (χ3v) is 5.54. The predicted octanol–water partition coefficient (Wildman–Crippen LogP) is 3.21. The van der Waals surface area contributed by atoms with Crippen molar-refractivity contribution in [2.45, 2.75) is 39.2 Å². The number of rotatable bonds is 3. The SMILES string of the molecule is CC1CCN(C(=O)C2CCCN(Cc3ccncc3Cl)C2)CC1. The minimum absolute atomic E-state index is 0.151. The number of amides is 1. The van der Waals surface area contributed by atoms with E-state index in [1.54, 1.807) is 12.4 Å². The molecule has 0 spiro atoms. The van der Waals surface area contributed by atoms with Crippen LogP contribution in [0.1, 0.15) is 38.2 Å². The van der Waals surface area contributed by atoms with Gasteiger partial charge in [0.05, 0.1) is 10.9 Å². The van der Waals surface area contributed by atoms with Crippen molar-refractivity contribution in [3.63, 3.8) is 0 Å². The molecule has 1 amide bonds. The van der Waals surface area contributed by atoms with E-state index < -0.39 is 0 Å². The highest BCUT2D eigenvalue weighted by atomic mass is 35.5. The molecule has 0 radical (unpaired) electrons. The van der Waals surface area contributed by atoms with Crippen LogP contribution in [0.3, 0.4) is 0 Å². The first-order valence-corrected chi connectivity index (χ1v) is 9.11. The number of likely N-dealkylation sites (tertiary alicyclic amines) is 2. The Morgan fingerprint density at radius 1 is 1.30 bits per heavy atom. The summed E-state index contributed by atoms with van der Waals surface area (Å²) < 4.78 is 0. The molecule has 1 atom stereocenters. The van der Waals surface area contributed by atoms with Crippen molar-refractivity contribution in [2.24, 2.45) is 11.8 Å². The Morgan fingerprint density at radius 3 is 2.83 bits per heavy atom. The summed E-state index contributed by atoms with van der Waals surface area (Å²) in [6.45, 7) is 6.85. The van der Waals surface area contributed by atoms with Gasteiger partial charge in [-0.25, -0.2) is 0 Å². The fraction of sp³-hybridized carbons (Fsp3) is 0.667. The van der Waals surface area contributed by atoms with Crippen LogP contribution in [0.15, 0.2) is 18.5 Å². The molecule has 5 heteroatoms. The third kappa shape index (κ3) is 4.24. The van der Waals surface area contributed by atoms with Crippen LogP contribution < -0.4 is 0 Å². The molecule has 2 saturated heterocycles. The van der Waals surface area contributed by atoms with E-state index in [1.165, 1.54) is 0 Å². The molecule has 0 bridgehead atoms. The summed E-state index contributed by atoms with van der Waals surface area (Å²) in [6, 6.07) is 1.97. The van der Waals surface area contributed by atoms with Crippen molar-refractivity contribution in [3.8, 4) is 0 Å². The lowest BCUT2D eigenvalue weighted by Gasteiger charge is -2.37. The van der Waals surface area contributed by atoms with Gasteiger partial charge in [-0.1, -0.05) is 18.5 Å². The quantitative estimate of drug-likeness (QED) is 0.851. The molecule has 0 saturated carbocycles. The number of piperidine rings is 2. The number of hydrogen-bond donors (Lipinski definition) is 0. The minimum Gasteiger partial charge on any atom is -0.342 e. The molecular weight excluding hydrogens is 310 g/mol. The van der Waals surface area contributed by atoms with Crippen molar-refractivity contribution in [1.82, 2.24) is 14.8 Å². The summed E-state index contributed by atoms with van der Waals surface area (Å²) in [5.41, 5.74) is 1.10. The molecule has 0 aromatic carbocycles. The maximum Gasteiger partial charge on any atom is 0.226 e. The molecular formula is C18H26ClN3O. The van der Waals surface area contributed by atoms with Crippen molar-refractivity contribution in [3.05, 3.63) is 29.0 Å². The van der Waals surface area contributed by atoms with E-state index in [0.29, 0.717) is 10.9 Å². The van der Waals surface area contributed by atoms with Crippen molar-refractivity contribution < 1.29 is 4.79 Å². The zero-order valence-electron chi connectivity index (χ0n) is 13.9. The molecule has 0 N–H and O–H groups in total. The molecule has 0 aliphatic carbocycles. The second-order valence-corrected chi connectivity index (χ2v) is 7.46. The fourth-order valence-electron chi connectivity index (χ4n) is 3.66. The van der Waals surface area contributed by atoms with E-state index in [2.05, 4.69) is 21.7 Å². The Labute approximate surface area is 143 Å². The van der Waals surface area contributed by atoms with Gasteiger partial charge < -0.3 is 4.90 Å². The minimum atomic E-state index is 0.151. The Bertz CT molecular complexity index is 543. The first-order valence-electron chi connectivity index (χ1n) is 8.73. The summed E-state index contributed by atoms with van der Waals surface area (Å²) in [5.74, 6) is 1.27. The number of carbonyl (C=O) groups is 1. The molecule has 1 aromatic heterocycles. The average molecular weight is 336 g/mol. The Hall–Kier alpha value is -1.13. The van der Waals surface area contributed by atoms with Crippen LogP contribution >= 0.6 is 11.6 Å². The molecule has 23 heavy (non-hydrogen) atoms. The van der Waals surface area contributed by atoms with Crippen molar-refractivity contribution in [2.75, 3.05) is 26.2 Å². The Balaban J connectivity index is 1.57. The molecule has 4 nitrogen and oxygen atoms in total. The number of carbonyl (C=O) groups excluding carboxylic acids is 1. The summed E-state index contributed by atoms with van der Waals surface area (Å²) in [5, 5.41) is 0.714. The second kappa shape index (κ2) is 7.63. The molecule has 2 aliphatic heterocycles. The number of hydrogen-bond acceptors (Lipinski definition) is 3. The fourth-order valence-corrected chi connectivity index (χ4v) is 3.84. The summed E-state index contributed by atoms with van der Waals surface area (Å²) in [7, 11) is 0. The third-order valence-electron chi connectivity index (χ3n) is 5.20. The average Bonchev–Trinajstić information content (AvgIpc) is 2.57. The van der Waals surface area contributed by atoms with Crippen LogP contribution in [0.25, 0.3) is 0 Å². The van der Waals surface area contributed by atoms with Gasteiger partial charge in [0.2, 0.25) is 5.91 Å². The first-order chi connectivity index (χ1) is 11.1. The van der Waals surface area contributed by atoms with Crippen LogP contribution in [-0.4, -0.2) is 46.9 Å². The second-order valence-electron chi connectivity index (χ2n) is 7.05. The van der Waals surface area contributed by atoms with Gasteiger partial charge >= 0.3 is 0 Å². The van der Waals surface area contributed by atoms with Crippen LogP contribution in [0.5, 0.6) is 0 Å². The predicted molar refractivity (Wildman–Crippen MR) is 92.2 cm³/mol. The van der Waals surface area contributed by atoms with Gasteiger partial charge in [-0.05, 0) is 49.8 Å². The molecule has 3 rings (SSSR count). The standard InChI is InChI=1S/C18H26ClN3O/c1-14-5-9-22(10-6-14)18(23)16-3-2-8-21(13-16)12-15-4-7-20-11-17(15)19/h4,7,11,14,16H,2-3,5-6,8-10,12-13H2,1H3. The van der Waals surface area contributed by atoms with Crippen LogP contribution in [0, 0.1) is 11.8 Å². The zero-order chi connectivity index (χ0) is 16.2. The lowest BCUT2D eigenvalue weighted by atomic mass is 9.93. The normalized spacial score (nSPS) is 23.9. The summed E-state index contributed by atoms with van der Waals surface area (Å²) >= 11 is 6.21. The van der Waals surface area contributed by atoms with E-state index in [-0.39, 0.29) is 5.92 Å². The monoisotopic (exact) mass is 335 g/mol. The summed E-state index contributed by atoms with van der Waals surface area (Å²) in [6.07, 6.45) is 7.87. The number of aromatic nitrogens is 1.